The van der Waals surface area contributed by atoms with Crippen molar-refractivity contribution in [3.05, 3.63) is 0 Å². The predicted molar refractivity (Wildman–Crippen MR) is 140 cm³/mol. The van der Waals surface area contributed by atoms with Gasteiger partial charge in [0, 0.05) is 69.9 Å². The Balaban J connectivity index is 1.31. The van der Waals surface area contributed by atoms with Gasteiger partial charge >= 0.3 is 0 Å². The SMILES string of the molecule is CN1CCN(C2C[C@H]3[C@@H]4CC(N5CCN(C)CC5)C5(O)CCCC[C@]5(C)[C@@H]4CC[C@]3(C)C2O)CC1. The number of likely N-dealkylation sites (N-methyl/N-ethyl adjacent to an activating group) is 2. The highest BCUT2D eigenvalue weighted by atomic mass is 16.3. The lowest BCUT2D eigenvalue weighted by Crippen LogP contribution is -2.71. The molecule has 4 saturated carbocycles. The van der Waals surface area contributed by atoms with Crippen molar-refractivity contribution in [2.24, 2.45) is 28.6 Å². The van der Waals surface area contributed by atoms with Gasteiger partial charge in [-0.1, -0.05) is 26.7 Å². The van der Waals surface area contributed by atoms with Gasteiger partial charge in [-0.05, 0) is 75.8 Å². The van der Waals surface area contributed by atoms with Crippen LogP contribution in [0.4, 0.5) is 0 Å². The fraction of sp³-hybridized carbons (Fsp3) is 1.00. The van der Waals surface area contributed by atoms with Gasteiger partial charge in [0.2, 0.25) is 0 Å². The van der Waals surface area contributed by atoms with Crippen LogP contribution in [-0.2, 0) is 0 Å². The molecule has 35 heavy (non-hydrogen) atoms. The molecule has 6 nitrogen and oxygen atoms in total. The minimum absolute atomic E-state index is 0.0143. The molecular weight excluding hydrogens is 436 g/mol. The zero-order chi connectivity index (χ0) is 24.6. The van der Waals surface area contributed by atoms with E-state index in [1.54, 1.807) is 0 Å². The van der Waals surface area contributed by atoms with Crippen molar-refractivity contribution >= 4 is 0 Å². The van der Waals surface area contributed by atoms with Gasteiger partial charge in [0.25, 0.3) is 0 Å². The number of fused-ring (bicyclic) bond motifs is 5. The Labute approximate surface area is 214 Å². The first-order valence-corrected chi connectivity index (χ1v) is 14.9. The van der Waals surface area contributed by atoms with E-state index >= 15 is 0 Å². The normalized spacial score (nSPS) is 52.6. The summed E-state index contributed by atoms with van der Waals surface area (Å²) in [6.07, 6.45) is 9.04. The van der Waals surface area contributed by atoms with Crippen LogP contribution >= 0.6 is 0 Å². The van der Waals surface area contributed by atoms with Crippen molar-refractivity contribution in [3.8, 4) is 0 Å². The second-order valence-electron chi connectivity index (χ2n) is 14.1. The number of piperazine rings is 2. The van der Waals surface area contributed by atoms with E-state index in [-0.39, 0.29) is 23.0 Å². The molecule has 0 aromatic carbocycles. The Morgan fingerprint density at radius 3 is 1.97 bits per heavy atom. The maximum absolute atomic E-state index is 12.6. The smallest absolute Gasteiger partial charge is 0.0858 e. The maximum atomic E-state index is 12.6. The third kappa shape index (κ3) is 3.71. The summed E-state index contributed by atoms with van der Waals surface area (Å²) in [5.74, 6) is 1.82. The molecule has 4 unspecified atom stereocenters. The standard InChI is InChI=1S/C29H52N4O2/c1-27-10-7-22-21(23(27)20-24(26(27)34)32-15-11-30(3)12-16-32)19-25(33-17-13-31(4)14-18-33)29(35)9-6-5-8-28(22,29)2/h21-26,34-35H,5-20H2,1-4H3/t21-,22-,23+,24?,25?,26?,27+,28-,29?/m1/s1. The van der Waals surface area contributed by atoms with Crippen molar-refractivity contribution in [1.29, 1.82) is 0 Å². The van der Waals surface area contributed by atoms with Gasteiger partial charge in [-0.3, -0.25) is 9.80 Å². The van der Waals surface area contributed by atoms with Gasteiger partial charge in [0.1, 0.15) is 0 Å². The van der Waals surface area contributed by atoms with E-state index in [0.717, 1.165) is 78.0 Å². The quantitative estimate of drug-likeness (QED) is 0.622. The monoisotopic (exact) mass is 488 g/mol. The van der Waals surface area contributed by atoms with Gasteiger partial charge in [0.05, 0.1) is 11.7 Å². The fourth-order valence-corrected chi connectivity index (χ4v) is 10.4. The highest BCUT2D eigenvalue weighted by Crippen LogP contribution is 2.68. The van der Waals surface area contributed by atoms with Gasteiger partial charge in [-0.25, -0.2) is 0 Å². The largest absolute Gasteiger partial charge is 0.391 e. The lowest BCUT2D eigenvalue weighted by Gasteiger charge is -2.67. The molecule has 2 N–H and O–H groups in total. The second-order valence-corrected chi connectivity index (χ2v) is 14.1. The fourth-order valence-electron chi connectivity index (χ4n) is 10.4. The highest BCUT2D eigenvalue weighted by Gasteiger charge is 2.68. The van der Waals surface area contributed by atoms with Gasteiger partial charge in [0.15, 0.2) is 0 Å². The average Bonchev–Trinajstić information content (AvgIpc) is 3.11. The molecule has 2 aliphatic heterocycles. The van der Waals surface area contributed by atoms with E-state index in [1.165, 1.54) is 25.7 Å². The molecule has 6 rings (SSSR count). The summed E-state index contributed by atoms with van der Waals surface area (Å²) >= 11 is 0. The first-order chi connectivity index (χ1) is 16.7. The summed E-state index contributed by atoms with van der Waals surface area (Å²) in [4.78, 5) is 10.2. The van der Waals surface area contributed by atoms with Crippen molar-refractivity contribution < 1.29 is 10.2 Å². The third-order valence-electron chi connectivity index (χ3n) is 12.8. The Bertz CT molecular complexity index is 781. The number of nitrogens with zero attached hydrogens (tertiary/aromatic N) is 4. The van der Waals surface area contributed by atoms with Crippen LogP contribution in [0.15, 0.2) is 0 Å². The summed E-state index contributed by atoms with van der Waals surface area (Å²) in [5.41, 5.74) is -0.507. The lowest BCUT2D eigenvalue weighted by molar-refractivity contribution is -0.241. The van der Waals surface area contributed by atoms with Crippen molar-refractivity contribution in [2.45, 2.75) is 89.0 Å². The Morgan fingerprint density at radius 1 is 0.714 bits per heavy atom. The number of hydrogen-bond acceptors (Lipinski definition) is 6. The lowest BCUT2D eigenvalue weighted by atomic mass is 9.42. The summed E-state index contributed by atoms with van der Waals surface area (Å²) in [7, 11) is 4.46. The van der Waals surface area contributed by atoms with E-state index in [2.05, 4.69) is 47.5 Å². The molecule has 0 spiro atoms. The number of aliphatic hydroxyl groups is 2. The van der Waals surface area contributed by atoms with Crippen LogP contribution in [0.1, 0.15) is 65.2 Å². The minimum atomic E-state index is -0.551. The molecule has 2 saturated heterocycles. The first-order valence-electron chi connectivity index (χ1n) is 14.9. The summed E-state index contributed by atoms with van der Waals surface area (Å²) in [6, 6.07) is 0.601. The van der Waals surface area contributed by atoms with E-state index in [9.17, 15) is 10.2 Å². The highest BCUT2D eigenvalue weighted by molar-refractivity contribution is 5.19. The second kappa shape index (κ2) is 8.91. The van der Waals surface area contributed by atoms with Crippen LogP contribution < -0.4 is 0 Å². The van der Waals surface area contributed by atoms with E-state index in [1.807, 2.05) is 0 Å². The van der Waals surface area contributed by atoms with Gasteiger partial charge < -0.3 is 20.0 Å². The van der Waals surface area contributed by atoms with Crippen LogP contribution in [0, 0.1) is 28.6 Å². The summed E-state index contributed by atoms with van der Waals surface area (Å²) in [5, 5.41) is 24.4. The van der Waals surface area contributed by atoms with Crippen LogP contribution in [-0.4, -0.2) is 120 Å². The number of rotatable bonds is 2. The number of aliphatic hydroxyl groups excluding tert-OH is 1. The zero-order valence-electron chi connectivity index (χ0n) is 23.0. The van der Waals surface area contributed by atoms with Crippen molar-refractivity contribution in [1.82, 2.24) is 19.6 Å². The molecule has 0 aromatic rings. The molecule has 0 bridgehead atoms. The maximum Gasteiger partial charge on any atom is 0.0858 e. The van der Waals surface area contributed by atoms with Crippen molar-refractivity contribution in [2.75, 3.05) is 66.5 Å². The molecule has 4 aliphatic carbocycles. The first kappa shape index (κ1) is 25.1. The Kier molecular flexibility index (Phi) is 6.38. The van der Waals surface area contributed by atoms with Gasteiger partial charge in [-0.2, -0.15) is 0 Å². The topological polar surface area (TPSA) is 53.4 Å². The summed E-state index contributed by atoms with van der Waals surface area (Å²) in [6.45, 7) is 13.7. The average molecular weight is 489 g/mol. The molecule has 6 heteroatoms. The molecular formula is C29H52N4O2. The molecule has 6 fully saturated rings. The number of hydrogen-bond donors (Lipinski definition) is 2. The molecule has 0 aromatic heterocycles. The summed E-state index contributed by atoms with van der Waals surface area (Å²) < 4.78 is 0. The van der Waals surface area contributed by atoms with Crippen LogP contribution in [0.25, 0.3) is 0 Å². The van der Waals surface area contributed by atoms with Crippen molar-refractivity contribution in [3.63, 3.8) is 0 Å². The van der Waals surface area contributed by atoms with Crippen LogP contribution in [0.2, 0.25) is 0 Å². The van der Waals surface area contributed by atoms with E-state index < -0.39 is 5.60 Å². The van der Waals surface area contributed by atoms with E-state index in [4.69, 9.17) is 0 Å². The van der Waals surface area contributed by atoms with E-state index in [0.29, 0.717) is 23.8 Å². The van der Waals surface area contributed by atoms with Crippen LogP contribution in [0.3, 0.4) is 0 Å². The Morgan fingerprint density at radius 2 is 1.31 bits per heavy atom. The molecule has 0 radical (unpaired) electrons. The molecule has 2 heterocycles. The Hall–Kier alpha value is -0.240. The predicted octanol–water partition coefficient (Wildman–Crippen LogP) is 2.35. The van der Waals surface area contributed by atoms with Gasteiger partial charge in [-0.15, -0.1) is 0 Å². The molecule has 200 valence electrons. The molecule has 6 aliphatic rings. The molecule has 9 atom stereocenters. The third-order valence-corrected chi connectivity index (χ3v) is 12.8. The van der Waals surface area contributed by atoms with Crippen LogP contribution in [0.5, 0.6) is 0 Å². The minimum Gasteiger partial charge on any atom is -0.391 e. The molecule has 0 amide bonds. The zero-order valence-corrected chi connectivity index (χ0v) is 23.0.